The van der Waals surface area contributed by atoms with Gasteiger partial charge in [-0.25, -0.2) is 0 Å². The average molecular weight is 450 g/mol. The Balaban J connectivity index is 1.66. The lowest BCUT2D eigenvalue weighted by molar-refractivity contribution is 0.223. The van der Waals surface area contributed by atoms with E-state index in [1.165, 1.54) is 71.3 Å². The third-order valence-electron chi connectivity index (χ3n) is 7.54. The largest absolute Gasteiger partial charge is 0.497 e. The lowest BCUT2D eigenvalue weighted by Crippen LogP contribution is -2.23. The summed E-state index contributed by atoms with van der Waals surface area (Å²) in [7, 11) is 1.72. The number of rotatable bonds is 4. The van der Waals surface area contributed by atoms with Crippen LogP contribution in [0.5, 0.6) is 11.5 Å². The van der Waals surface area contributed by atoms with Gasteiger partial charge in [0.1, 0.15) is 11.5 Å². The molecule has 0 N–H and O–H groups in total. The van der Waals surface area contributed by atoms with Crippen LogP contribution in [0, 0.1) is 6.92 Å². The molecule has 4 aromatic rings. The molecule has 2 heterocycles. The molecule has 0 bridgehead atoms. The number of para-hydroxylation sites is 1. The van der Waals surface area contributed by atoms with Crippen molar-refractivity contribution in [2.24, 2.45) is 0 Å². The summed E-state index contributed by atoms with van der Waals surface area (Å²) in [4.78, 5) is 0. The van der Waals surface area contributed by atoms with Crippen LogP contribution >= 0.6 is 0 Å². The van der Waals surface area contributed by atoms with Crippen LogP contribution in [0.2, 0.25) is 0 Å². The highest BCUT2D eigenvalue weighted by Gasteiger charge is 2.37. The Morgan fingerprint density at radius 3 is 2.26 bits per heavy atom. The summed E-state index contributed by atoms with van der Waals surface area (Å²) in [5, 5.41) is 0. The van der Waals surface area contributed by atoms with Crippen molar-refractivity contribution in [3.8, 4) is 33.9 Å². The molecule has 1 atom stereocenters. The van der Waals surface area contributed by atoms with Crippen molar-refractivity contribution >= 4 is 0 Å². The SMILES string of the molecule is COc1ccc(-c2c(C)c3c(n2C2CCCCC2)[C@@H](c2ccccc2)Oc2ccccc2-3)cc1. The van der Waals surface area contributed by atoms with Gasteiger partial charge in [0.15, 0.2) is 6.10 Å². The molecule has 3 nitrogen and oxygen atoms in total. The van der Waals surface area contributed by atoms with E-state index < -0.39 is 0 Å². The fourth-order valence-corrected chi connectivity index (χ4v) is 5.96. The Morgan fingerprint density at radius 2 is 1.53 bits per heavy atom. The van der Waals surface area contributed by atoms with E-state index >= 15 is 0 Å². The van der Waals surface area contributed by atoms with Crippen molar-refractivity contribution in [2.75, 3.05) is 7.11 Å². The summed E-state index contributed by atoms with van der Waals surface area (Å²) in [5.41, 5.74) is 8.94. The van der Waals surface area contributed by atoms with Crippen LogP contribution < -0.4 is 9.47 Å². The molecule has 2 aliphatic rings. The van der Waals surface area contributed by atoms with Gasteiger partial charge in [0.2, 0.25) is 0 Å². The maximum atomic E-state index is 6.78. The zero-order valence-corrected chi connectivity index (χ0v) is 20.0. The van der Waals surface area contributed by atoms with Gasteiger partial charge in [-0.05, 0) is 66.8 Å². The molecule has 1 aliphatic heterocycles. The summed E-state index contributed by atoms with van der Waals surface area (Å²) < 4.78 is 14.9. The maximum Gasteiger partial charge on any atom is 0.164 e. The Bertz CT molecular complexity index is 1300. The molecule has 0 saturated heterocycles. The van der Waals surface area contributed by atoms with Gasteiger partial charge in [-0.3, -0.25) is 0 Å². The highest BCUT2D eigenvalue weighted by atomic mass is 16.5. The van der Waals surface area contributed by atoms with Gasteiger partial charge in [-0.1, -0.05) is 67.8 Å². The summed E-state index contributed by atoms with van der Waals surface area (Å²) in [6.45, 7) is 2.29. The first-order chi connectivity index (χ1) is 16.8. The number of nitrogens with zero attached hydrogens (tertiary/aromatic N) is 1. The Labute approximate surface area is 202 Å². The molecule has 0 unspecified atom stereocenters. The molecular formula is C31H31NO2. The first-order valence-electron chi connectivity index (χ1n) is 12.5. The van der Waals surface area contributed by atoms with Crippen molar-refractivity contribution in [1.82, 2.24) is 4.57 Å². The van der Waals surface area contributed by atoms with Crippen LogP contribution in [-0.2, 0) is 0 Å². The zero-order chi connectivity index (χ0) is 23.1. The predicted molar refractivity (Wildman–Crippen MR) is 138 cm³/mol. The lowest BCUT2D eigenvalue weighted by atomic mass is 9.91. The molecule has 1 saturated carbocycles. The third-order valence-corrected chi connectivity index (χ3v) is 7.54. The number of aromatic nitrogens is 1. The molecule has 0 radical (unpaired) electrons. The Kier molecular flexibility index (Phi) is 5.41. The number of fused-ring (bicyclic) bond motifs is 3. The first-order valence-corrected chi connectivity index (χ1v) is 12.5. The van der Waals surface area contributed by atoms with Gasteiger partial charge in [-0.15, -0.1) is 0 Å². The van der Waals surface area contributed by atoms with E-state index in [1.54, 1.807) is 7.11 Å². The predicted octanol–water partition coefficient (Wildman–Crippen LogP) is 8.13. The van der Waals surface area contributed by atoms with E-state index in [-0.39, 0.29) is 6.10 Å². The van der Waals surface area contributed by atoms with Crippen molar-refractivity contribution in [3.05, 3.63) is 95.7 Å². The molecule has 3 heteroatoms. The minimum Gasteiger partial charge on any atom is -0.497 e. The van der Waals surface area contributed by atoms with Crippen LogP contribution in [0.4, 0.5) is 0 Å². The zero-order valence-electron chi connectivity index (χ0n) is 20.0. The van der Waals surface area contributed by atoms with Crippen LogP contribution in [0.15, 0.2) is 78.9 Å². The normalized spacial score (nSPS) is 17.5. The molecule has 1 aromatic heterocycles. The highest BCUT2D eigenvalue weighted by molar-refractivity contribution is 5.85. The van der Waals surface area contributed by atoms with E-state index in [2.05, 4.69) is 90.4 Å². The monoisotopic (exact) mass is 449 g/mol. The fraction of sp³-hybridized carbons (Fsp3) is 0.290. The second-order valence-electron chi connectivity index (χ2n) is 9.53. The van der Waals surface area contributed by atoms with Gasteiger partial charge in [0.25, 0.3) is 0 Å². The average Bonchev–Trinajstić information content (AvgIpc) is 3.22. The second-order valence-corrected chi connectivity index (χ2v) is 9.53. The molecule has 1 aliphatic carbocycles. The molecular weight excluding hydrogens is 418 g/mol. The molecule has 34 heavy (non-hydrogen) atoms. The van der Waals surface area contributed by atoms with Crippen molar-refractivity contribution in [1.29, 1.82) is 0 Å². The Hall–Kier alpha value is -3.46. The van der Waals surface area contributed by atoms with E-state index in [4.69, 9.17) is 9.47 Å². The maximum absolute atomic E-state index is 6.78. The van der Waals surface area contributed by atoms with Crippen LogP contribution in [0.1, 0.15) is 61.1 Å². The number of hydrogen-bond donors (Lipinski definition) is 0. The molecule has 0 spiro atoms. The molecule has 6 rings (SSSR count). The topological polar surface area (TPSA) is 23.4 Å². The number of benzene rings is 3. The van der Waals surface area contributed by atoms with Gasteiger partial charge in [0.05, 0.1) is 18.5 Å². The summed E-state index contributed by atoms with van der Waals surface area (Å²) in [6, 6.07) is 28.3. The molecule has 0 amide bonds. The molecule has 1 fully saturated rings. The van der Waals surface area contributed by atoms with Crippen LogP contribution in [0.25, 0.3) is 22.4 Å². The quantitative estimate of drug-likeness (QED) is 0.314. The minimum atomic E-state index is -0.126. The van der Waals surface area contributed by atoms with Crippen LogP contribution in [-0.4, -0.2) is 11.7 Å². The highest BCUT2D eigenvalue weighted by Crippen LogP contribution is 2.52. The van der Waals surface area contributed by atoms with E-state index in [0.29, 0.717) is 6.04 Å². The lowest BCUT2D eigenvalue weighted by Gasteiger charge is -2.33. The summed E-state index contributed by atoms with van der Waals surface area (Å²) in [6.07, 6.45) is 6.20. The smallest absolute Gasteiger partial charge is 0.164 e. The van der Waals surface area contributed by atoms with Gasteiger partial charge >= 0.3 is 0 Å². The molecule has 172 valence electrons. The number of hydrogen-bond acceptors (Lipinski definition) is 2. The van der Waals surface area contributed by atoms with Crippen molar-refractivity contribution < 1.29 is 9.47 Å². The second kappa shape index (κ2) is 8.72. The van der Waals surface area contributed by atoms with E-state index in [0.717, 1.165) is 11.5 Å². The van der Waals surface area contributed by atoms with E-state index in [1.807, 2.05) is 0 Å². The number of methoxy groups -OCH3 is 1. The standard InChI is InChI=1S/C31H31NO2/c1-21-28-26-15-9-10-16-27(26)34-31(23-11-5-3-6-12-23)30(28)32(24-13-7-4-8-14-24)29(21)22-17-19-25(33-2)20-18-22/h3,5-6,9-12,15-20,24,31H,4,7-8,13-14H2,1-2H3/t31-/m1/s1. The van der Waals surface area contributed by atoms with Gasteiger partial charge < -0.3 is 14.0 Å². The van der Waals surface area contributed by atoms with Gasteiger partial charge in [-0.2, -0.15) is 0 Å². The first kappa shape index (κ1) is 21.1. The van der Waals surface area contributed by atoms with Crippen LogP contribution in [0.3, 0.4) is 0 Å². The minimum absolute atomic E-state index is 0.126. The number of ether oxygens (including phenoxy) is 2. The van der Waals surface area contributed by atoms with Crippen molar-refractivity contribution in [3.63, 3.8) is 0 Å². The van der Waals surface area contributed by atoms with Crippen molar-refractivity contribution in [2.45, 2.75) is 51.2 Å². The van der Waals surface area contributed by atoms with Gasteiger partial charge in [0, 0.05) is 17.2 Å². The fourth-order valence-electron chi connectivity index (χ4n) is 5.96. The summed E-state index contributed by atoms with van der Waals surface area (Å²) in [5.74, 6) is 1.85. The summed E-state index contributed by atoms with van der Waals surface area (Å²) >= 11 is 0. The Morgan fingerprint density at radius 1 is 0.824 bits per heavy atom. The molecule has 3 aromatic carbocycles. The van der Waals surface area contributed by atoms with E-state index in [9.17, 15) is 0 Å². The third kappa shape index (κ3) is 3.42.